The first-order chi connectivity index (χ1) is 15.3. The minimum absolute atomic E-state index is 0.293. The molecule has 2 aromatic rings. The van der Waals surface area contributed by atoms with Gasteiger partial charge in [-0.05, 0) is 36.0 Å². The second-order valence-corrected chi connectivity index (χ2v) is 7.71. The minimum atomic E-state index is 0.293. The Balaban J connectivity index is 1.30. The molecule has 1 aliphatic heterocycles. The van der Waals surface area contributed by atoms with Crippen molar-refractivity contribution in [2.45, 2.75) is 45.1 Å². The summed E-state index contributed by atoms with van der Waals surface area (Å²) in [6.07, 6.45) is 3.50. The largest absolute Gasteiger partial charge is 0.379 e. The smallest absolute Gasteiger partial charge is 0.191 e. The maximum atomic E-state index is 5.85. The third kappa shape index (κ3) is 9.09. The van der Waals surface area contributed by atoms with Crippen LogP contribution in [-0.2, 0) is 34.0 Å². The van der Waals surface area contributed by atoms with E-state index in [0.29, 0.717) is 32.5 Å². The number of rotatable bonds is 12. The van der Waals surface area contributed by atoms with E-state index < -0.39 is 0 Å². The summed E-state index contributed by atoms with van der Waals surface area (Å²) < 4.78 is 17.1. The highest BCUT2D eigenvalue weighted by Crippen LogP contribution is 2.12. The second kappa shape index (κ2) is 13.8. The maximum Gasteiger partial charge on any atom is 0.191 e. The highest BCUT2D eigenvalue weighted by molar-refractivity contribution is 5.79. The Morgan fingerprint density at radius 3 is 2.61 bits per heavy atom. The molecule has 0 radical (unpaired) electrons. The van der Waals surface area contributed by atoms with E-state index in [1.165, 1.54) is 16.7 Å². The van der Waals surface area contributed by atoms with Gasteiger partial charge in [-0.2, -0.15) is 0 Å². The third-order valence-corrected chi connectivity index (χ3v) is 5.14. The summed E-state index contributed by atoms with van der Waals surface area (Å²) in [4.78, 5) is 4.30. The summed E-state index contributed by atoms with van der Waals surface area (Å²) in [5.41, 5.74) is 3.55. The van der Waals surface area contributed by atoms with Gasteiger partial charge in [0.25, 0.3) is 0 Å². The second-order valence-electron chi connectivity index (χ2n) is 7.71. The van der Waals surface area contributed by atoms with E-state index in [1.807, 2.05) is 18.2 Å². The molecule has 0 bridgehead atoms. The quantitative estimate of drug-likeness (QED) is 0.309. The molecule has 6 nitrogen and oxygen atoms in total. The highest BCUT2D eigenvalue weighted by Gasteiger charge is 2.14. The van der Waals surface area contributed by atoms with Crippen LogP contribution in [0, 0.1) is 0 Å². The van der Waals surface area contributed by atoms with Crippen LogP contribution < -0.4 is 10.6 Å². The lowest BCUT2D eigenvalue weighted by molar-refractivity contribution is 0.0168. The summed E-state index contributed by atoms with van der Waals surface area (Å²) in [5, 5.41) is 6.71. The SMILES string of the molecule is CN=C(NCCCOCC1CCCO1)NCc1cccc(COCc2ccccc2)c1. The summed E-state index contributed by atoms with van der Waals surface area (Å²) in [6.45, 7) is 5.06. The molecule has 1 saturated heterocycles. The number of ether oxygens (including phenoxy) is 3. The van der Waals surface area contributed by atoms with Crippen molar-refractivity contribution in [1.29, 1.82) is 0 Å². The predicted octanol–water partition coefficient (Wildman–Crippen LogP) is 3.65. The summed E-state index contributed by atoms with van der Waals surface area (Å²) in [7, 11) is 1.79. The molecule has 1 atom stereocenters. The van der Waals surface area contributed by atoms with Gasteiger partial charge < -0.3 is 24.8 Å². The molecule has 31 heavy (non-hydrogen) atoms. The molecule has 0 amide bonds. The van der Waals surface area contributed by atoms with Gasteiger partial charge in [0, 0.05) is 33.4 Å². The molecule has 1 aliphatic rings. The Hall–Kier alpha value is -2.41. The monoisotopic (exact) mass is 425 g/mol. The first-order valence-corrected chi connectivity index (χ1v) is 11.2. The average Bonchev–Trinajstić information content (AvgIpc) is 3.33. The van der Waals surface area contributed by atoms with Crippen molar-refractivity contribution in [3.8, 4) is 0 Å². The number of nitrogens with zero attached hydrogens (tertiary/aromatic N) is 1. The average molecular weight is 426 g/mol. The molecule has 0 spiro atoms. The Kier molecular flexibility index (Phi) is 10.4. The van der Waals surface area contributed by atoms with Crippen LogP contribution in [-0.4, -0.2) is 45.5 Å². The Bertz CT molecular complexity index is 777. The van der Waals surface area contributed by atoms with Crippen LogP contribution in [0.2, 0.25) is 0 Å². The van der Waals surface area contributed by atoms with Crippen molar-refractivity contribution in [2.24, 2.45) is 4.99 Å². The van der Waals surface area contributed by atoms with Crippen LogP contribution in [0.4, 0.5) is 0 Å². The lowest BCUT2D eigenvalue weighted by Gasteiger charge is -2.13. The van der Waals surface area contributed by atoms with Crippen molar-refractivity contribution < 1.29 is 14.2 Å². The molecule has 2 aromatic carbocycles. The molecule has 2 N–H and O–H groups in total. The molecule has 0 aliphatic carbocycles. The normalized spacial score (nSPS) is 16.4. The lowest BCUT2D eigenvalue weighted by Crippen LogP contribution is -2.37. The highest BCUT2D eigenvalue weighted by atomic mass is 16.5. The summed E-state index contributed by atoms with van der Waals surface area (Å²) in [6, 6.07) is 18.7. The number of benzene rings is 2. The molecular formula is C25H35N3O3. The zero-order chi connectivity index (χ0) is 21.6. The predicted molar refractivity (Wildman–Crippen MR) is 124 cm³/mol. The number of aliphatic imine (C=N–C) groups is 1. The van der Waals surface area contributed by atoms with E-state index in [-0.39, 0.29) is 0 Å². The molecule has 1 unspecified atom stereocenters. The van der Waals surface area contributed by atoms with Gasteiger partial charge in [0.05, 0.1) is 25.9 Å². The van der Waals surface area contributed by atoms with Gasteiger partial charge in [0.2, 0.25) is 0 Å². The maximum absolute atomic E-state index is 5.85. The lowest BCUT2D eigenvalue weighted by atomic mass is 10.1. The molecule has 6 heteroatoms. The van der Waals surface area contributed by atoms with Crippen molar-refractivity contribution >= 4 is 5.96 Å². The van der Waals surface area contributed by atoms with Crippen molar-refractivity contribution in [3.05, 3.63) is 71.3 Å². The number of hydrogen-bond acceptors (Lipinski definition) is 4. The third-order valence-electron chi connectivity index (χ3n) is 5.14. The Morgan fingerprint density at radius 2 is 1.81 bits per heavy atom. The first kappa shape index (κ1) is 23.3. The summed E-state index contributed by atoms with van der Waals surface area (Å²) >= 11 is 0. The molecule has 168 valence electrons. The van der Waals surface area contributed by atoms with Crippen LogP contribution in [0.15, 0.2) is 59.6 Å². The van der Waals surface area contributed by atoms with Crippen LogP contribution in [0.1, 0.15) is 36.0 Å². The van der Waals surface area contributed by atoms with E-state index in [1.54, 1.807) is 7.05 Å². The van der Waals surface area contributed by atoms with Crippen molar-refractivity contribution in [3.63, 3.8) is 0 Å². The zero-order valence-corrected chi connectivity index (χ0v) is 18.5. The van der Waals surface area contributed by atoms with Crippen LogP contribution >= 0.6 is 0 Å². The first-order valence-electron chi connectivity index (χ1n) is 11.2. The molecule has 0 saturated carbocycles. The standard InChI is InChI=1S/C25H35N3O3/c1-26-25(27-13-7-14-29-20-24-12-6-15-31-24)28-17-22-10-5-11-23(16-22)19-30-18-21-8-3-2-4-9-21/h2-5,8-11,16,24H,6-7,12-15,17-20H2,1H3,(H2,26,27,28). The molecular weight excluding hydrogens is 390 g/mol. The van der Waals surface area contributed by atoms with E-state index in [2.05, 4.69) is 52.0 Å². The van der Waals surface area contributed by atoms with Gasteiger partial charge in [-0.1, -0.05) is 54.6 Å². The summed E-state index contributed by atoms with van der Waals surface area (Å²) in [5.74, 6) is 0.796. The molecule has 0 aromatic heterocycles. The van der Waals surface area contributed by atoms with Crippen LogP contribution in [0.25, 0.3) is 0 Å². The van der Waals surface area contributed by atoms with E-state index in [9.17, 15) is 0 Å². The van der Waals surface area contributed by atoms with Crippen LogP contribution in [0.3, 0.4) is 0 Å². The minimum Gasteiger partial charge on any atom is -0.379 e. The van der Waals surface area contributed by atoms with Gasteiger partial charge in [0.15, 0.2) is 5.96 Å². The zero-order valence-electron chi connectivity index (χ0n) is 18.5. The fourth-order valence-electron chi connectivity index (χ4n) is 3.47. The molecule has 1 heterocycles. The fourth-order valence-corrected chi connectivity index (χ4v) is 3.47. The van der Waals surface area contributed by atoms with Gasteiger partial charge in [0.1, 0.15) is 0 Å². The van der Waals surface area contributed by atoms with Gasteiger partial charge >= 0.3 is 0 Å². The van der Waals surface area contributed by atoms with Gasteiger partial charge in [-0.3, -0.25) is 4.99 Å². The fraction of sp³-hybridized carbons (Fsp3) is 0.480. The topological polar surface area (TPSA) is 64.1 Å². The Labute approximate surface area is 186 Å². The van der Waals surface area contributed by atoms with E-state index in [0.717, 1.165) is 45.0 Å². The molecule has 1 fully saturated rings. The van der Waals surface area contributed by atoms with E-state index in [4.69, 9.17) is 14.2 Å². The number of nitrogens with one attached hydrogen (secondary N) is 2. The van der Waals surface area contributed by atoms with Gasteiger partial charge in [-0.25, -0.2) is 0 Å². The Morgan fingerprint density at radius 1 is 1.00 bits per heavy atom. The van der Waals surface area contributed by atoms with Crippen LogP contribution in [0.5, 0.6) is 0 Å². The molecule has 3 rings (SSSR count). The van der Waals surface area contributed by atoms with E-state index >= 15 is 0 Å². The number of hydrogen-bond donors (Lipinski definition) is 2. The van der Waals surface area contributed by atoms with Gasteiger partial charge in [-0.15, -0.1) is 0 Å². The number of guanidine groups is 1. The van der Waals surface area contributed by atoms with Crippen molar-refractivity contribution in [2.75, 3.05) is 33.4 Å². The van der Waals surface area contributed by atoms with Crippen molar-refractivity contribution in [1.82, 2.24) is 10.6 Å².